The van der Waals surface area contributed by atoms with Gasteiger partial charge in [0.15, 0.2) is 0 Å². The Labute approximate surface area is 136 Å². The van der Waals surface area contributed by atoms with Gasteiger partial charge in [-0.2, -0.15) is 0 Å². The fraction of sp³-hybridized carbons (Fsp3) is 0.250. The zero-order chi connectivity index (χ0) is 16.2. The van der Waals surface area contributed by atoms with Gasteiger partial charge in [0.1, 0.15) is 0 Å². The summed E-state index contributed by atoms with van der Waals surface area (Å²) in [5.41, 5.74) is 4.69. The molecule has 1 heterocycles. The van der Waals surface area contributed by atoms with E-state index in [1.165, 1.54) is 22.1 Å². The topological polar surface area (TPSA) is 44.9 Å². The van der Waals surface area contributed by atoms with Crippen LogP contribution in [0.15, 0.2) is 54.7 Å². The van der Waals surface area contributed by atoms with Crippen molar-refractivity contribution in [2.24, 2.45) is 0 Å². The third kappa shape index (κ3) is 3.45. The minimum Gasteiger partial charge on any atom is -0.361 e. The molecule has 1 atom stereocenters. The van der Waals surface area contributed by atoms with Crippen LogP contribution in [0.2, 0.25) is 0 Å². The smallest absolute Gasteiger partial charge is 0.220 e. The lowest BCUT2D eigenvalue weighted by Crippen LogP contribution is -2.27. The standard InChI is InChI=1S/C20H22N2O/c1-14-7-3-4-8-17(14)15(2)22-20(23)12-11-16-13-21-19-10-6-5-9-18(16)19/h3-10,13,15,21H,11-12H2,1-2H3,(H,22,23). The Morgan fingerprint density at radius 3 is 2.70 bits per heavy atom. The van der Waals surface area contributed by atoms with Crippen LogP contribution in [-0.4, -0.2) is 10.9 Å². The first-order chi connectivity index (χ1) is 11.1. The normalized spacial score (nSPS) is 12.3. The fourth-order valence-corrected chi connectivity index (χ4v) is 3.05. The molecule has 0 aliphatic rings. The Bertz CT molecular complexity index is 819. The van der Waals surface area contributed by atoms with Crippen LogP contribution >= 0.6 is 0 Å². The number of fused-ring (bicyclic) bond motifs is 1. The Balaban J connectivity index is 1.61. The lowest BCUT2D eigenvalue weighted by molar-refractivity contribution is -0.121. The number of carbonyl (C=O) groups excluding carboxylic acids is 1. The van der Waals surface area contributed by atoms with Crippen molar-refractivity contribution in [3.05, 3.63) is 71.4 Å². The number of para-hydroxylation sites is 1. The molecule has 2 aromatic carbocycles. The molecule has 1 aromatic heterocycles. The summed E-state index contributed by atoms with van der Waals surface area (Å²) in [4.78, 5) is 15.5. The third-order valence-corrected chi connectivity index (χ3v) is 4.33. The third-order valence-electron chi connectivity index (χ3n) is 4.33. The summed E-state index contributed by atoms with van der Waals surface area (Å²) < 4.78 is 0. The summed E-state index contributed by atoms with van der Waals surface area (Å²) in [6, 6.07) is 16.4. The molecule has 3 aromatic rings. The summed E-state index contributed by atoms with van der Waals surface area (Å²) in [6.07, 6.45) is 3.25. The van der Waals surface area contributed by atoms with Gasteiger partial charge in [0.25, 0.3) is 0 Å². The molecular formula is C20H22N2O. The minimum atomic E-state index is 0.0340. The number of hydrogen-bond donors (Lipinski definition) is 2. The number of H-pyrrole nitrogens is 1. The highest BCUT2D eigenvalue weighted by atomic mass is 16.1. The molecule has 3 rings (SSSR count). The van der Waals surface area contributed by atoms with Crippen LogP contribution < -0.4 is 5.32 Å². The molecule has 0 aliphatic carbocycles. The summed E-state index contributed by atoms with van der Waals surface area (Å²) in [7, 11) is 0. The number of amides is 1. The molecule has 3 nitrogen and oxygen atoms in total. The van der Waals surface area contributed by atoms with Crippen LogP contribution in [0.5, 0.6) is 0 Å². The molecule has 2 N–H and O–H groups in total. The van der Waals surface area contributed by atoms with Gasteiger partial charge in [-0.3, -0.25) is 4.79 Å². The SMILES string of the molecule is Cc1ccccc1C(C)NC(=O)CCc1c[nH]c2ccccc12. The molecule has 0 bridgehead atoms. The van der Waals surface area contributed by atoms with Gasteiger partial charge >= 0.3 is 0 Å². The monoisotopic (exact) mass is 306 g/mol. The van der Waals surface area contributed by atoms with E-state index in [2.05, 4.69) is 41.5 Å². The highest BCUT2D eigenvalue weighted by Crippen LogP contribution is 2.20. The summed E-state index contributed by atoms with van der Waals surface area (Å²) in [6.45, 7) is 4.11. The maximum absolute atomic E-state index is 12.2. The van der Waals surface area contributed by atoms with E-state index in [1.54, 1.807) is 0 Å². The Morgan fingerprint density at radius 1 is 1.13 bits per heavy atom. The van der Waals surface area contributed by atoms with Crippen molar-refractivity contribution >= 4 is 16.8 Å². The van der Waals surface area contributed by atoms with E-state index in [9.17, 15) is 4.79 Å². The van der Waals surface area contributed by atoms with E-state index in [0.717, 1.165) is 11.9 Å². The number of nitrogens with one attached hydrogen (secondary N) is 2. The van der Waals surface area contributed by atoms with Crippen molar-refractivity contribution in [2.45, 2.75) is 32.7 Å². The second-order valence-corrected chi connectivity index (χ2v) is 6.01. The molecule has 0 radical (unpaired) electrons. The highest BCUT2D eigenvalue weighted by Gasteiger charge is 2.12. The summed E-state index contributed by atoms with van der Waals surface area (Å²) in [5.74, 6) is 0.0889. The number of aromatic amines is 1. The quantitative estimate of drug-likeness (QED) is 0.726. The van der Waals surface area contributed by atoms with Crippen molar-refractivity contribution in [3.63, 3.8) is 0 Å². The lowest BCUT2D eigenvalue weighted by Gasteiger charge is -2.16. The van der Waals surface area contributed by atoms with Crippen molar-refractivity contribution in [3.8, 4) is 0 Å². The number of aryl methyl sites for hydroxylation is 2. The number of benzene rings is 2. The molecular weight excluding hydrogens is 284 g/mol. The first kappa shape index (κ1) is 15.3. The molecule has 3 heteroatoms. The van der Waals surface area contributed by atoms with Gasteiger partial charge in [0, 0.05) is 23.5 Å². The molecule has 0 spiro atoms. The second kappa shape index (κ2) is 6.69. The average Bonchev–Trinajstić information content (AvgIpc) is 2.96. The lowest BCUT2D eigenvalue weighted by atomic mass is 10.0. The Kier molecular flexibility index (Phi) is 4.47. The van der Waals surface area contributed by atoms with Crippen molar-refractivity contribution in [1.29, 1.82) is 0 Å². The molecule has 0 aliphatic heterocycles. The maximum Gasteiger partial charge on any atom is 0.220 e. The van der Waals surface area contributed by atoms with Gasteiger partial charge in [-0.05, 0) is 43.0 Å². The first-order valence-electron chi connectivity index (χ1n) is 8.05. The van der Waals surface area contributed by atoms with Gasteiger partial charge in [-0.25, -0.2) is 0 Å². The van der Waals surface area contributed by atoms with Gasteiger partial charge in [-0.15, -0.1) is 0 Å². The van der Waals surface area contributed by atoms with Gasteiger partial charge in [0.2, 0.25) is 5.91 Å². The van der Waals surface area contributed by atoms with E-state index in [4.69, 9.17) is 0 Å². The average molecular weight is 306 g/mol. The molecule has 23 heavy (non-hydrogen) atoms. The van der Waals surface area contributed by atoms with E-state index in [-0.39, 0.29) is 11.9 Å². The van der Waals surface area contributed by atoms with Gasteiger partial charge in [0.05, 0.1) is 6.04 Å². The van der Waals surface area contributed by atoms with Crippen LogP contribution in [0.1, 0.15) is 36.1 Å². The maximum atomic E-state index is 12.2. The number of aromatic nitrogens is 1. The predicted octanol–water partition coefficient (Wildman–Crippen LogP) is 4.29. The molecule has 1 amide bonds. The van der Waals surface area contributed by atoms with E-state index in [1.807, 2.05) is 37.4 Å². The van der Waals surface area contributed by atoms with Gasteiger partial charge < -0.3 is 10.3 Å². The zero-order valence-corrected chi connectivity index (χ0v) is 13.6. The molecule has 0 saturated carbocycles. The van der Waals surface area contributed by atoms with Crippen LogP contribution in [0.4, 0.5) is 0 Å². The minimum absolute atomic E-state index is 0.0340. The molecule has 0 fully saturated rings. The van der Waals surface area contributed by atoms with E-state index in [0.29, 0.717) is 6.42 Å². The highest BCUT2D eigenvalue weighted by molar-refractivity contribution is 5.84. The number of hydrogen-bond acceptors (Lipinski definition) is 1. The number of carbonyl (C=O) groups is 1. The summed E-state index contributed by atoms with van der Waals surface area (Å²) in [5, 5.41) is 4.30. The fourth-order valence-electron chi connectivity index (χ4n) is 3.05. The number of rotatable bonds is 5. The van der Waals surface area contributed by atoms with Crippen molar-refractivity contribution in [1.82, 2.24) is 10.3 Å². The Hall–Kier alpha value is -2.55. The van der Waals surface area contributed by atoms with Gasteiger partial charge in [-0.1, -0.05) is 42.5 Å². The Morgan fingerprint density at radius 2 is 1.87 bits per heavy atom. The van der Waals surface area contributed by atoms with Crippen LogP contribution in [0.3, 0.4) is 0 Å². The van der Waals surface area contributed by atoms with E-state index >= 15 is 0 Å². The summed E-state index contributed by atoms with van der Waals surface area (Å²) >= 11 is 0. The zero-order valence-electron chi connectivity index (χ0n) is 13.6. The molecule has 0 saturated heterocycles. The molecule has 1 unspecified atom stereocenters. The molecule has 118 valence electrons. The largest absolute Gasteiger partial charge is 0.361 e. The van der Waals surface area contributed by atoms with E-state index < -0.39 is 0 Å². The van der Waals surface area contributed by atoms with Crippen molar-refractivity contribution < 1.29 is 4.79 Å². The van der Waals surface area contributed by atoms with Crippen LogP contribution in [0, 0.1) is 6.92 Å². The predicted molar refractivity (Wildman–Crippen MR) is 94.4 cm³/mol. The first-order valence-corrected chi connectivity index (χ1v) is 8.05. The van der Waals surface area contributed by atoms with Crippen molar-refractivity contribution in [2.75, 3.05) is 0 Å². The van der Waals surface area contributed by atoms with Crippen LogP contribution in [-0.2, 0) is 11.2 Å². The second-order valence-electron chi connectivity index (χ2n) is 6.01. The van der Waals surface area contributed by atoms with Crippen LogP contribution in [0.25, 0.3) is 10.9 Å².